The van der Waals surface area contributed by atoms with Gasteiger partial charge in [0.15, 0.2) is 17.6 Å². The van der Waals surface area contributed by atoms with E-state index in [9.17, 15) is 24.5 Å². The highest BCUT2D eigenvalue weighted by Gasteiger charge is 2.60. The maximum absolute atomic E-state index is 13.9. The summed E-state index contributed by atoms with van der Waals surface area (Å²) >= 11 is 0. The second-order valence-corrected chi connectivity index (χ2v) is 9.61. The Balaban J connectivity index is 1.37. The summed E-state index contributed by atoms with van der Waals surface area (Å²) < 4.78 is 11.1. The highest BCUT2D eigenvalue weighted by Crippen LogP contribution is 2.48. The minimum absolute atomic E-state index is 0.164. The second-order valence-electron chi connectivity index (χ2n) is 9.61. The summed E-state index contributed by atoms with van der Waals surface area (Å²) in [5.74, 6) is -2.18. The number of rotatable bonds is 7. The van der Waals surface area contributed by atoms with Gasteiger partial charge in [-0.2, -0.15) is 0 Å². The highest BCUT2D eigenvalue weighted by molar-refractivity contribution is 6.24. The van der Waals surface area contributed by atoms with Gasteiger partial charge in [0, 0.05) is 12.1 Å². The van der Waals surface area contributed by atoms with Crippen molar-refractivity contribution in [2.45, 2.75) is 12.1 Å². The minimum atomic E-state index is -1.14. The molecule has 2 aliphatic heterocycles. The smallest absolute Gasteiger partial charge is 0.343 e. The fraction of sp³-hybridized carbons (Fsp3) is 0.129. The van der Waals surface area contributed by atoms with Crippen LogP contribution in [0, 0.1) is 16.0 Å². The lowest BCUT2D eigenvalue weighted by Crippen LogP contribution is -2.37. The third kappa shape index (κ3) is 4.61. The van der Waals surface area contributed by atoms with Crippen molar-refractivity contribution < 1.29 is 33.6 Å². The number of anilines is 2. The van der Waals surface area contributed by atoms with Crippen LogP contribution in [-0.2, 0) is 14.4 Å². The second kappa shape index (κ2) is 10.8. The first-order valence-corrected chi connectivity index (χ1v) is 13.0. The molecule has 11 heteroatoms. The summed E-state index contributed by atoms with van der Waals surface area (Å²) in [6, 6.07) is 26.9. The first-order valence-electron chi connectivity index (χ1n) is 13.0. The lowest BCUT2D eigenvalue weighted by atomic mass is 9.90. The number of non-ortho nitro benzene ring substituents is 1. The van der Waals surface area contributed by atoms with Gasteiger partial charge < -0.3 is 9.47 Å². The van der Waals surface area contributed by atoms with Gasteiger partial charge in [-0.25, -0.2) is 14.8 Å². The number of methoxy groups -OCH3 is 1. The van der Waals surface area contributed by atoms with Gasteiger partial charge in [0.1, 0.15) is 5.92 Å². The predicted octanol–water partition coefficient (Wildman–Crippen LogP) is 4.87. The van der Waals surface area contributed by atoms with Crippen molar-refractivity contribution in [3.8, 4) is 11.5 Å². The van der Waals surface area contributed by atoms with Crippen LogP contribution in [0.2, 0.25) is 0 Å². The standard InChI is InChI=1S/C31H23N3O8/c1-40-25-18-20(12-17-24(25)41-31(37)19-8-4-2-5-9-19)27-26-28(42-33(27)22-10-6-3-7-11-22)30(36)32(29(26)35)21-13-15-23(16-14-21)34(38)39/h2-18,26-28H,1H3/t26-,27+,28-/m0/s1. The summed E-state index contributed by atoms with van der Waals surface area (Å²) in [5.41, 5.74) is 1.61. The van der Waals surface area contributed by atoms with Crippen LogP contribution < -0.4 is 19.4 Å². The largest absolute Gasteiger partial charge is 0.493 e. The molecule has 0 unspecified atom stereocenters. The third-order valence-corrected chi connectivity index (χ3v) is 7.19. The van der Waals surface area contributed by atoms with Gasteiger partial charge in [0.25, 0.3) is 11.6 Å². The van der Waals surface area contributed by atoms with Gasteiger partial charge in [-0.1, -0.05) is 42.5 Å². The zero-order chi connectivity index (χ0) is 29.4. The minimum Gasteiger partial charge on any atom is -0.493 e. The lowest BCUT2D eigenvalue weighted by Gasteiger charge is -2.29. The van der Waals surface area contributed by atoms with Crippen LogP contribution >= 0.6 is 0 Å². The number of nitro benzene ring substituents is 1. The molecule has 0 aliphatic carbocycles. The quantitative estimate of drug-likeness (QED) is 0.101. The number of hydroxylamine groups is 1. The first kappa shape index (κ1) is 26.7. The number of nitrogens with zero attached hydrogens (tertiary/aromatic N) is 3. The number of benzene rings is 4. The summed E-state index contributed by atoms with van der Waals surface area (Å²) in [6.07, 6.45) is -1.14. The molecular formula is C31H23N3O8. The summed E-state index contributed by atoms with van der Waals surface area (Å²) in [4.78, 5) is 57.8. The molecule has 0 bridgehead atoms. The Labute approximate surface area is 239 Å². The molecule has 2 saturated heterocycles. The number of fused-ring (bicyclic) bond motifs is 1. The van der Waals surface area contributed by atoms with Crippen LogP contribution in [0.5, 0.6) is 11.5 Å². The van der Waals surface area contributed by atoms with Gasteiger partial charge in [-0.3, -0.25) is 24.5 Å². The molecule has 4 aromatic carbocycles. The normalized spacial score (nSPS) is 19.5. The number of carbonyl (C=O) groups is 3. The van der Waals surface area contributed by atoms with Gasteiger partial charge in [-0.05, 0) is 54.1 Å². The Morgan fingerprint density at radius 2 is 1.50 bits per heavy atom. The van der Waals surface area contributed by atoms with E-state index in [0.717, 1.165) is 4.90 Å². The Kier molecular flexibility index (Phi) is 6.85. The van der Waals surface area contributed by atoms with Gasteiger partial charge >= 0.3 is 5.97 Å². The molecule has 6 rings (SSSR count). The molecule has 0 saturated carbocycles. The fourth-order valence-corrected chi connectivity index (χ4v) is 5.22. The van der Waals surface area contributed by atoms with Crippen molar-refractivity contribution in [1.82, 2.24) is 0 Å². The molecule has 2 heterocycles. The number of para-hydroxylation sites is 1. The summed E-state index contributed by atoms with van der Waals surface area (Å²) in [7, 11) is 1.43. The number of ether oxygens (including phenoxy) is 2. The number of nitro groups is 1. The number of hydrogen-bond acceptors (Lipinski definition) is 9. The molecular weight excluding hydrogens is 542 g/mol. The van der Waals surface area contributed by atoms with Crippen molar-refractivity contribution in [3.63, 3.8) is 0 Å². The molecule has 0 spiro atoms. The molecule has 42 heavy (non-hydrogen) atoms. The average molecular weight is 566 g/mol. The number of carbonyl (C=O) groups excluding carboxylic acids is 3. The van der Waals surface area contributed by atoms with Crippen LogP contribution in [0.15, 0.2) is 103 Å². The van der Waals surface area contributed by atoms with Gasteiger partial charge in [-0.15, -0.1) is 0 Å². The van der Waals surface area contributed by atoms with E-state index in [-0.39, 0.29) is 22.9 Å². The molecule has 2 fully saturated rings. The van der Waals surface area contributed by atoms with E-state index in [4.69, 9.17) is 14.3 Å². The van der Waals surface area contributed by atoms with Crippen molar-refractivity contribution >= 4 is 34.8 Å². The maximum atomic E-state index is 13.9. The van der Waals surface area contributed by atoms with Crippen molar-refractivity contribution in [3.05, 3.63) is 124 Å². The van der Waals surface area contributed by atoms with Crippen molar-refractivity contribution in [2.75, 3.05) is 17.1 Å². The fourth-order valence-electron chi connectivity index (χ4n) is 5.22. The zero-order valence-corrected chi connectivity index (χ0v) is 22.2. The maximum Gasteiger partial charge on any atom is 0.343 e. The monoisotopic (exact) mass is 565 g/mol. The molecule has 0 aromatic heterocycles. The van der Waals surface area contributed by atoms with E-state index < -0.39 is 40.8 Å². The lowest BCUT2D eigenvalue weighted by molar-refractivity contribution is -0.384. The van der Waals surface area contributed by atoms with E-state index >= 15 is 0 Å². The van der Waals surface area contributed by atoms with E-state index in [2.05, 4.69) is 0 Å². The molecule has 2 amide bonds. The SMILES string of the molecule is COc1cc([C@@H]2[C@@H]3C(=O)N(c4ccc([N+](=O)[O-])cc4)C(=O)[C@H]3ON2c2ccccc2)ccc1OC(=O)c1ccccc1. The number of hydrogen-bond donors (Lipinski definition) is 0. The first-order chi connectivity index (χ1) is 20.4. The Morgan fingerprint density at radius 1 is 0.833 bits per heavy atom. The summed E-state index contributed by atoms with van der Waals surface area (Å²) in [5, 5.41) is 12.6. The van der Waals surface area contributed by atoms with Crippen LogP contribution in [0.25, 0.3) is 0 Å². The number of imide groups is 1. The van der Waals surface area contributed by atoms with Crippen molar-refractivity contribution in [2.24, 2.45) is 5.92 Å². The number of esters is 1. The number of amides is 2. The molecule has 0 N–H and O–H groups in total. The van der Waals surface area contributed by atoms with Crippen LogP contribution in [-0.4, -0.2) is 35.9 Å². The van der Waals surface area contributed by atoms with E-state index in [0.29, 0.717) is 16.8 Å². The van der Waals surface area contributed by atoms with Gasteiger partial charge in [0.2, 0.25) is 5.91 Å². The Hall–Kier alpha value is -5.55. The molecule has 3 atom stereocenters. The summed E-state index contributed by atoms with van der Waals surface area (Å²) in [6.45, 7) is 0. The Morgan fingerprint density at radius 3 is 2.14 bits per heavy atom. The van der Waals surface area contributed by atoms with Gasteiger partial charge in [0.05, 0.1) is 35.0 Å². The topological polar surface area (TPSA) is 129 Å². The molecule has 0 radical (unpaired) electrons. The van der Waals surface area contributed by atoms with Crippen LogP contribution in [0.1, 0.15) is 22.0 Å². The van der Waals surface area contributed by atoms with Crippen LogP contribution in [0.3, 0.4) is 0 Å². The van der Waals surface area contributed by atoms with Crippen LogP contribution in [0.4, 0.5) is 17.1 Å². The molecule has 210 valence electrons. The zero-order valence-electron chi connectivity index (χ0n) is 22.2. The average Bonchev–Trinajstić information content (AvgIpc) is 3.53. The molecule has 11 nitrogen and oxygen atoms in total. The van der Waals surface area contributed by atoms with E-state index in [1.54, 1.807) is 60.7 Å². The molecule has 4 aromatic rings. The van der Waals surface area contributed by atoms with E-state index in [1.165, 1.54) is 36.4 Å². The predicted molar refractivity (Wildman–Crippen MR) is 150 cm³/mol. The Bertz CT molecular complexity index is 1680. The van der Waals surface area contributed by atoms with E-state index in [1.807, 2.05) is 18.2 Å². The molecule has 2 aliphatic rings. The van der Waals surface area contributed by atoms with Crippen molar-refractivity contribution in [1.29, 1.82) is 0 Å². The highest BCUT2D eigenvalue weighted by atomic mass is 16.7. The third-order valence-electron chi connectivity index (χ3n) is 7.19.